The molecule has 3 aromatic rings. The molecule has 1 N–H and O–H groups in total. The van der Waals surface area contributed by atoms with Gasteiger partial charge in [-0.3, -0.25) is 14.3 Å². The minimum absolute atomic E-state index is 0.666. The van der Waals surface area contributed by atoms with Crippen LogP contribution in [0.25, 0.3) is 16.9 Å². The molecule has 0 radical (unpaired) electrons. The monoisotopic (exact) mass is 438 g/mol. The normalized spacial score (nSPS) is 14.4. The van der Waals surface area contributed by atoms with Gasteiger partial charge >= 0.3 is 0 Å². The lowest BCUT2D eigenvalue weighted by atomic mass is 10.1. The summed E-state index contributed by atoms with van der Waals surface area (Å²) in [5.74, 6) is 0.861. The average molecular weight is 439 g/mol. The number of ether oxygens (including phenoxy) is 2. The second-order valence-corrected chi connectivity index (χ2v) is 7.89. The van der Waals surface area contributed by atoms with Gasteiger partial charge in [-0.05, 0) is 54.8 Å². The molecule has 1 aliphatic heterocycles. The molecule has 7 nitrogen and oxygen atoms in total. The van der Waals surface area contributed by atoms with Crippen LogP contribution in [0.3, 0.4) is 0 Å². The lowest BCUT2D eigenvalue weighted by Gasteiger charge is -2.26. The van der Waals surface area contributed by atoms with E-state index in [1.807, 2.05) is 61.0 Å². The first kappa shape index (κ1) is 21.4. The fourth-order valence-electron chi connectivity index (χ4n) is 3.46. The molecule has 1 aromatic heterocycles. The van der Waals surface area contributed by atoms with Crippen molar-refractivity contribution in [1.82, 2.24) is 14.5 Å². The Kier molecular flexibility index (Phi) is 7.24. The molecule has 0 saturated carbocycles. The van der Waals surface area contributed by atoms with Crippen LogP contribution in [0.15, 0.2) is 59.9 Å². The van der Waals surface area contributed by atoms with Crippen LogP contribution >= 0.6 is 11.8 Å². The van der Waals surface area contributed by atoms with Crippen molar-refractivity contribution in [2.75, 3.05) is 51.0 Å². The molecule has 2 aromatic carbocycles. The van der Waals surface area contributed by atoms with Crippen LogP contribution in [0.4, 0.5) is 5.69 Å². The van der Waals surface area contributed by atoms with Gasteiger partial charge in [0, 0.05) is 42.8 Å². The quantitative estimate of drug-likeness (QED) is 0.407. The molecule has 0 aliphatic carbocycles. The number of carbonyl (C=O) groups is 1. The maximum absolute atomic E-state index is 10.6. The molecule has 162 valence electrons. The van der Waals surface area contributed by atoms with Gasteiger partial charge in [-0.2, -0.15) is 0 Å². The third-order valence-electron chi connectivity index (χ3n) is 5.16. The van der Waals surface area contributed by atoms with Crippen LogP contribution in [-0.4, -0.2) is 66.6 Å². The number of nitrogens with zero attached hydrogens (tertiary/aromatic N) is 3. The fraction of sp³-hybridized carbons (Fsp3) is 0.304. The average Bonchev–Trinajstić information content (AvgIpc) is 3.25. The molecule has 8 heteroatoms. The Balaban J connectivity index is 1.42. The third kappa shape index (κ3) is 5.46. The van der Waals surface area contributed by atoms with E-state index in [0.29, 0.717) is 13.0 Å². The van der Waals surface area contributed by atoms with E-state index in [4.69, 9.17) is 14.5 Å². The number of aromatic nitrogens is 2. The summed E-state index contributed by atoms with van der Waals surface area (Å²) in [6.45, 7) is 5.13. The van der Waals surface area contributed by atoms with Gasteiger partial charge in [-0.25, -0.2) is 4.98 Å². The van der Waals surface area contributed by atoms with Crippen molar-refractivity contribution < 1.29 is 14.3 Å². The SMILES string of the molecule is CSc1nc(-c2ccc(OCCN3CCOCC3)cc2)cn1-c1ccc(NC=O)cc1. The van der Waals surface area contributed by atoms with Crippen molar-refractivity contribution >= 4 is 23.9 Å². The summed E-state index contributed by atoms with van der Waals surface area (Å²) in [6, 6.07) is 15.7. The molecule has 0 unspecified atom stereocenters. The number of carbonyl (C=O) groups excluding carboxylic acids is 1. The Bertz CT molecular complexity index is 983. The predicted molar refractivity (Wildman–Crippen MR) is 123 cm³/mol. The standard InChI is InChI=1S/C23H26N4O3S/c1-31-23-25-22(16-27(23)20-6-4-19(5-7-20)24-17-28)18-2-8-21(9-3-18)30-15-12-26-10-13-29-14-11-26/h2-9,16-17H,10-15H2,1H3,(H,24,28). The molecular formula is C23H26N4O3S. The number of rotatable bonds is 9. The van der Waals surface area contributed by atoms with E-state index < -0.39 is 0 Å². The lowest BCUT2D eigenvalue weighted by Crippen LogP contribution is -2.38. The van der Waals surface area contributed by atoms with E-state index >= 15 is 0 Å². The van der Waals surface area contributed by atoms with E-state index in [1.54, 1.807) is 11.8 Å². The fourth-order valence-corrected chi connectivity index (χ4v) is 4.00. The van der Waals surface area contributed by atoms with Gasteiger partial charge < -0.3 is 14.8 Å². The molecule has 0 atom stereocenters. The van der Waals surface area contributed by atoms with E-state index in [1.165, 1.54) is 0 Å². The number of hydrogen-bond acceptors (Lipinski definition) is 6. The van der Waals surface area contributed by atoms with Gasteiger partial charge in [0.2, 0.25) is 6.41 Å². The number of benzene rings is 2. The summed E-state index contributed by atoms with van der Waals surface area (Å²) in [4.78, 5) is 17.7. The zero-order chi connectivity index (χ0) is 21.5. The number of anilines is 1. The minimum Gasteiger partial charge on any atom is -0.492 e. The lowest BCUT2D eigenvalue weighted by molar-refractivity contribution is -0.105. The second-order valence-electron chi connectivity index (χ2n) is 7.12. The first-order chi connectivity index (χ1) is 15.3. The molecule has 2 heterocycles. The van der Waals surface area contributed by atoms with Gasteiger partial charge in [0.15, 0.2) is 5.16 Å². The summed E-state index contributed by atoms with van der Waals surface area (Å²) in [5, 5.41) is 3.55. The Morgan fingerprint density at radius 1 is 1.13 bits per heavy atom. The van der Waals surface area contributed by atoms with Crippen molar-refractivity contribution in [3.8, 4) is 22.7 Å². The minimum atomic E-state index is 0.666. The van der Waals surface area contributed by atoms with Crippen LogP contribution in [0.1, 0.15) is 0 Å². The Labute approximate surface area is 186 Å². The number of imidazole rings is 1. The molecule has 1 saturated heterocycles. The van der Waals surface area contributed by atoms with E-state index in [0.717, 1.165) is 66.4 Å². The third-order valence-corrected chi connectivity index (χ3v) is 5.81. The van der Waals surface area contributed by atoms with Gasteiger partial charge in [0.05, 0.1) is 18.9 Å². The maximum Gasteiger partial charge on any atom is 0.211 e. The van der Waals surface area contributed by atoms with E-state index in [2.05, 4.69) is 14.8 Å². The van der Waals surface area contributed by atoms with E-state index in [9.17, 15) is 4.79 Å². The van der Waals surface area contributed by atoms with Crippen LogP contribution in [0, 0.1) is 0 Å². The summed E-state index contributed by atoms with van der Waals surface area (Å²) in [5.41, 5.74) is 3.68. The molecule has 1 aliphatic rings. The molecule has 0 bridgehead atoms. The summed E-state index contributed by atoms with van der Waals surface area (Å²) >= 11 is 1.59. The van der Waals surface area contributed by atoms with Crippen molar-refractivity contribution in [1.29, 1.82) is 0 Å². The second kappa shape index (κ2) is 10.5. The van der Waals surface area contributed by atoms with Crippen molar-refractivity contribution in [2.45, 2.75) is 5.16 Å². The highest BCUT2D eigenvalue weighted by Crippen LogP contribution is 2.28. The first-order valence-electron chi connectivity index (χ1n) is 10.2. The van der Waals surface area contributed by atoms with Crippen LogP contribution in [0.5, 0.6) is 5.75 Å². The summed E-state index contributed by atoms with van der Waals surface area (Å²) < 4.78 is 13.3. The Hall–Kier alpha value is -2.81. The van der Waals surface area contributed by atoms with Crippen molar-refractivity contribution in [3.05, 3.63) is 54.7 Å². The Morgan fingerprint density at radius 2 is 1.87 bits per heavy atom. The van der Waals surface area contributed by atoms with Crippen molar-refractivity contribution in [3.63, 3.8) is 0 Å². The van der Waals surface area contributed by atoms with E-state index in [-0.39, 0.29) is 0 Å². The maximum atomic E-state index is 10.6. The van der Waals surface area contributed by atoms with Crippen LogP contribution in [0.2, 0.25) is 0 Å². The highest BCUT2D eigenvalue weighted by Gasteiger charge is 2.12. The zero-order valence-corrected chi connectivity index (χ0v) is 18.3. The van der Waals surface area contributed by atoms with Gasteiger partial charge in [0.25, 0.3) is 0 Å². The van der Waals surface area contributed by atoms with Gasteiger partial charge in [-0.15, -0.1) is 0 Å². The number of amides is 1. The zero-order valence-electron chi connectivity index (χ0n) is 17.5. The molecule has 31 heavy (non-hydrogen) atoms. The first-order valence-corrected chi connectivity index (χ1v) is 11.5. The van der Waals surface area contributed by atoms with Crippen LogP contribution < -0.4 is 10.1 Å². The number of morpholine rings is 1. The van der Waals surface area contributed by atoms with Gasteiger partial charge in [0.1, 0.15) is 12.4 Å². The molecule has 0 spiro atoms. The largest absolute Gasteiger partial charge is 0.492 e. The summed E-state index contributed by atoms with van der Waals surface area (Å²) in [7, 11) is 0. The summed E-state index contributed by atoms with van der Waals surface area (Å²) in [6.07, 6.45) is 4.71. The number of hydrogen-bond donors (Lipinski definition) is 1. The predicted octanol–water partition coefficient (Wildman–Crippen LogP) is 3.54. The molecule has 4 rings (SSSR count). The Morgan fingerprint density at radius 3 is 2.55 bits per heavy atom. The van der Waals surface area contributed by atoms with Crippen molar-refractivity contribution in [2.24, 2.45) is 0 Å². The molecular weight excluding hydrogens is 412 g/mol. The smallest absolute Gasteiger partial charge is 0.211 e. The highest BCUT2D eigenvalue weighted by atomic mass is 32.2. The molecule has 1 fully saturated rings. The van der Waals surface area contributed by atoms with Crippen LogP contribution in [-0.2, 0) is 9.53 Å². The number of nitrogens with one attached hydrogen (secondary N) is 1. The number of thioether (sulfide) groups is 1. The van der Waals surface area contributed by atoms with Gasteiger partial charge in [-0.1, -0.05) is 11.8 Å². The highest BCUT2D eigenvalue weighted by molar-refractivity contribution is 7.98. The topological polar surface area (TPSA) is 68.6 Å². The molecule has 1 amide bonds.